The van der Waals surface area contributed by atoms with Gasteiger partial charge in [0.05, 0.1) is 20.0 Å². The van der Waals surface area contributed by atoms with Gasteiger partial charge in [0, 0.05) is 11.6 Å². The van der Waals surface area contributed by atoms with Crippen LogP contribution in [-0.4, -0.2) is 42.9 Å². The fraction of sp³-hybridized carbons (Fsp3) is 0.182. The Morgan fingerprint density at radius 3 is 2.59 bits per heavy atom. The summed E-state index contributed by atoms with van der Waals surface area (Å²) in [5.74, 6) is 0.309. The van der Waals surface area contributed by atoms with Gasteiger partial charge in [0.15, 0.2) is 13.2 Å². The summed E-state index contributed by atoms with van der Waals surface area (Å²) in [5, 5.41) is 4.92. The van der Waals surface area contributed by atoms with E-state index in [9.17, 15) is 9.59 Å². The molecule has 1 amide bonds. The van der Waals surface area contributed by atoms with Crippen molar-refractivity contribution >= 4 is 74.2 Å². The standard InChI is InChI=1S/C22H19I2N3O5/c1-2-30-20(29)13-32-22-16(23)9-14(10-17(22)24)11-26-27-19(28)12-31-18-7-3-5-15-6-4-8-25-21(15)18/h3-11H,2,12-13H2,1H3,(H,27,28)/b26-11+. The lowest BCUT2D eigenvalue weighted by molar-refractivity contribution is -0.145. The number of esters is 1. The summed E-state index contributed by atoms with van der Waals surface area (Å²) < 4.78 is 17.6. The molecule has 1 aromatic heterocycles. The number of carbonyl (C=O) groups is 2. The molecule has 1 N–H and O–H groups in total. The maximum atomic E-state index is 12.1. The van der Waals surface area contributed by atoms with Crippen molar-refractivity contribution in [2.45, 2.75) is 6.92 Å². The van der Waals surface area contributed by atoms with Gasteiger partial charge < -0.3 is 14.2 Å². The lowest BCUT2D eigenvalue weighted by atomic mass is 10.2. The van der Waals surface area contributed by atoms with Crippen LogP contribution in [-0.2, 0) is 14.3 Å². The highest BCUT2D eigenvalue weighted by Gasteiger charge is 2.11. The van der Waals surface area contributed by atoms with Crippen LogP contribution in [0, 0.1) is 7.14 Å². The normalized spacial score (nSPS) is 10.8. The number of aromatic nitrogens is 1. The van der Waals surface area contributed by atoms with Gasteiger partial charge in [-0.2, -0.15) is 5.10 Å². The molecule has 10 heteroatoms. The summed E-state index contributed by atoms with van der Waals surface area (Å²) in [6.45, 7) is 1.70. The predicted molar refractivity (Wildman–Crippen MR) is 137 cm³/mol. The Balaban J connectivity index is 1.54. The van der Waals surface area contributed by atoms with Crippen LogP contribution in [0.2, 0.25) is 0 Å². The van der Waals surface area contributed by atoms with Gasteiger partial charge in [-0.1, -0.05) is 18.2 Å². The van der Waals surface area contributed by atoms with Gasteiger partial charge in [-0.25, -0.2) is 10.2 Å². The fourth-order valence-corrected chi connectivity index (χ4v) is 4.80. The van der Waals surface area contributed by atoms with Crippen LogP contribution in [0.15, 0.2) is 53.8 Å². The molecular weight excluding hydrogens is 640 g/mol. The zero-order chi connectivity index (χ0) is 22.9. The quantitative estimate of drug-likeness (QED) is 0.162. The molecule has 0 aliphatic heterocycles. The number of fused-ring (bicyclic) bond motifs is 1. The van der Waals surface area contributed by atoms with Crippen molar-refractivity contribution in [3.63, 3.8) is 0 Å². The average molecular weight is 659 g/mol. The van der Waals surface area contributed by atoms with E-state index in [0.717, 1.165) is 18.1 Å². The zero-order valence-electron chi connectivity index (χ0n) is 17.0. The van der Waals surface area contributed by atoms with E-state index >= 15 is 0 Å². The SMILES string of the molecule is CCOC(=O)COc1c(I)cc(/C=N/NC(=O)COc2cccc3cccnc23)cc1I. The van der Waals surface area contributed by atoms with Crippen LogP contribution in [0.1, 0.15) is 12.5 Å². The van der Waals surface area contributed by atoms with Crippen LogP contribution in [0.3, 0.4) is 0 Å². The van der Waals surface area contributed by atoms with Crippen LogP contribution in [0.5, 0.6) is 11.5 Å². The molecule has 0 fully saturated rings. The summed E-state index contributed by atoms with van der Waals surface area (Å²) in [6, 6.07) is 13.0. The smallest absolute Gasteiger partial charge is 0.344 e. The molecule has 0 aliphatic rings. The summed E-state index contributed by atoms with van der Waals surface area (Å²) in [7, 11) is 0. The lowest BCUT2D eigenvalue weighted by Gasteiger charge is -2.10. The molecule has 0 aliphatic carbocycles. The number of carbonyl (C=O) groups excluding carboxylic acids is 2. The van der Waals surface area contributed by atoms with E-state index in [1.54, 1.807) is 19.2 Å². The number of hydrogen-bond donors (Lipinski definition) is 1. The minimum atomic E-state index is -0.422. The van der Waals surface area contributed by atoms with Crippen molar-refractivity contribution in [3.05, 3.63) is 61.4 Å². The van der Waals surface area contributed by atoms with Crippen molar-refractivity contribution < 1.29 is 23.8 Å². The van der Waals surface area contributed by atoms with Gasteiger partial charge in [0.25, 0.3) is 5.91 Å². The first-order valence-corrected chi connectivity index (χ1v) is 11.7. The van der Waals surface area contributed by atoms with Crippen LogP contribution < -0.4 is 14.9 Å². The monoisotopic (exact) mass is 659 g/mol. The topological polar surface area (TPSA) is 99.1 Å². The highest BCUT2D eigenvalue weighted by molar-refractivity contribution is 14.1. The second-order valence-corrected chi connectivity index (χ2v) is 8.64. The number of amides is 1. The van der Waals surface area contributed by atoms with Crippen molar-refractivity contribution in [1.29, 1.82) is 0 Å². The van der Waals surface area contributed by atoms with Crippen molar-refractivity contribution in [2.75, 3.05) is 19.8 Å². The molecule has 0 bridgehead atoms. The Kier molecular flexibility index (Phi) is 9.02. The minimum Gasteiger partial charge on any atom is -0.481 e. The molecule has 0 saturated carbocycles. The Morgan fingerprint density at radius 1 is 1.09 bits per heavy atom. The minimum absolute atomic E-state index is 0.157. The molecule has 0 spiro atoms. The number of ether oxygens (including phenoxy) is 3. The zero-order valence-corrected chi connectivity index (χ0v) is 21.3. The van der Waals surface area contributed by atoms with E-state index in [1.165, 1.54) is 6.21 Å². The average Bonchev–Trinajstić information content (AvgIpc) is 2.77. The van der Waals surface area contributed by atoms with E-state index in [-0.39, 0.29) is 13.2 Å². The molecule has 0 saturated heterocycles. The van der Waals surface area contributed by atoms with E-state index in [1.807, 2.05) is 36.4 Å². The highest BCUT2D eigenvalue weighted by atomic mass is 127. The molecule has 3 aromatic rings. The maximum Gasteiger partial charge on any atom is 0.344 e. The first-order chi connectivity index (χ1) is 15.5. The third kappa shape index (κ3) is 6.76. The highest BCUT2D eigenvalue weighted by Crippen LogP contribution is 2.28. The molecule has 32 heavy (non-hydrogen) atoms. The van der Waals surface area contributed by atoms with Crippen molar-refractivity contribution in [1.82, 2.24) is 10.4 Å². The summed E-state index contributed by atoms with van der Waals surface area (Å²) in [5.41, 5.74) is 3.91. The molecular formula is C22H19I2N3O5. The molecule has 166 valence electrons. The fourth-order valence-electron chi connectivity index (χ4n) is 2.67. The third-order valence-corrected chi connectivity index (χ3v) is 5.62. The van der Waals surface area contributed by atoms with Gasteiger partial charge in [-0.3, -0.25) is 9.78 Å². The molecule has 0 atom stereocenters. The Labute approximate surface area is 212 Å². The summed E-state index contributed by atoms with van der Waals surface area (Å²) >= 11 is 4.23. The number of pyridine rings is 1. The number of hydrazone groups is 1. The molecule has 8 nitrogen and oxygen atoms in total. The summed E-state index contributed by atoms with van der Waals surface area (Å²) in [4.78, 5) is 27.9. The van der Waals surface area contributed by atoms with Crippen LogP contribution in [0.25, 0.3) is 10.9 Å². The van der Waals surface area contributed by atoms with Crippen LogP contribution >= 0.6 is 45.2 Å². The molecule has 0 radical (unpaired) electrons. The Morgan fingerprint density at radius 2 is 1.84 bits per heavy atom. The van der Waals surface area contributed by atoms with Gasteiger partial charge in [0.2, 0.25) is 0 Å². The Bertz CT molecular complexity index is 1130. The number of para-hydroxylation sites is 1. The Hall–Kier alpha value is -2.48. The van der Waals surface area contributed by atoms with E-state index in [2.05, 4.69) is 60.7 Å². The molecule has 1 heterocycles. The van der Waals surface area contributed by atoms with Crippen molar-refractivity contribution in [3.8, 4) is 11.5 Å². The number of rotatable bonds is 9. The second kappa shape index (κ2) is 11.9. The first kappa shape index (κ1) is 24.2. The molecule has 3 rings (SSSR count). The second-order valence-electron chi connectivity index (χ2n) is 6.32. The first-order valence-electron chi connectivity index (χ1n) is 9.54. The third-order valence-electron chi connectivity index (χ3n) is 4.02. The van der Waals surface area contributed by atoms with E-state index in [0.29, 0.717) is 23.6 Å². The number of benzene rings is 2. The molecule has 0 unspecified atom stereocenters. The number of nitrogens with zero attached hydrogens (tertiary/aromatic N) is 2. The van der Waals surface area contributed by atoms with Crippen molar-refractivity contribution in [2.24, 2.45) is 5.10 Å². The number of nitrogens with one attached hydrogen (secondary N) is 1. The van der Waals surface area contributed by atoms with Gasteiger partial charge in [0.1, 0.15) is 17.0 Å². The predicted octanol–water partition coefficient (Wildman–Crippen LogP) is 3.92. The molecule has 2 aromatic carbocycles. The largest absolute Gasteiger partial charge is 0.481 e. The number of hydrogen-bond acceptors (Lipinski definition) is 7. The van der Waals surface area contributed by atoms with Gasteiger partial charge >= 0.3 is 5.97 Å². The number of halogens is 2. The van der Waals surface area contributed by atoms with E-state index < -0.39 is 11.9 Å². The van der Waals surface area contributed by atoms with Crippen LogP contribution in [0.4, 0.5) is 0 Å². The van der Waals surface area contributed by atoms with Gasteiger partial charge in [-0.05, 0) is 81.9 Å². The van der Waals surface area contributed by atoms with Gasteiger partial charge in [-0.15, -0.1) is 0 Å². The summed E-state index contributed by atoms with van der Waals surface area (Å²) in [6.07, 6.45) is 3.20. The van der Waals surface area contributed by atoms with E-state index in [4.69, 9.17) is 14.2 Å². The maximum absolute atomic E-state index is 12.1. The lowest BCUT2D eigenvalue weighted by Crippen LogP contribution is -2.24.